The van der Waals surface area contributed by atoms with E-state index >= 15 is 0 Å². The van der Waals surface area contributed by atoms with Gasteiger partial charge in [0.05, 0.1) is 19.3 Å². The minimum absolute atomic E-state index is 0.171. The SMILES string of the molecule is COC(=O)c1ccccc1OCCc1ccc(OCC(=O)N(Cc2ccc(C(F)(F)F)cc2)CC(C)C)cc1. The van der Waals surface area contributed by atoms with Crippen LogP contribution in [0, 0.1) is 5.92 Å². The molecule has 3 aromatic rings. The molecular weight excluding hydrogens is 511 g/mol. The molecule has 0 heterocycles. The smallest absolute Gasteiger partial charge is 0.416 e. The van der Waals surface area contributed by atoms with Crippen molar-refractivity contribution in [3.8, 4) is 11.5 Å². The summed E-state index contributed by atoms with van der Waals surface area (Å²) >= 11 is 0. The Morgan fingerprint density at radius 2 is 1.51 bits per heavy atom. The van der Waals surface area contributed by atoms with Crippen LogP contribution in [0.25, 0.3) is 0 Å². The number of benzene rings is 3. The standard InChI is InChI=1S/C30H32F3NO5/c1-21(2)18-34(19-23-8-12-24(13-9-23)30(31,32)33)28(35)20-39-25-14-10-22(11-15-25)16-17-38-27-7-5-4-6-26(27)29(36)37-3/h4-15,21H,16-20H2,1-3H3. The van der Waals surface area contributed by atoms with Crippen LogP contribution >= 0.6 is 0 Å². The summed E-state index contributed by atoms with van der Waals surface area (Å²) in [6.45, 7) is 4.72. The molecule has 208 valence electrons. The maximum atomic E-state index is 12.9. The zero-order chi connectivity index (χ0) is 28.4. The molecule has 1 amide bonds. The number of hydrogen-bond acceptors (Lipinski definition) is 5. The van der Waals surface area contributed by atoms with Gasteiger partial charge in [-0.3, -0.25) is 4.79 Å². The van der Waals surface area contributed by atoms with Crippen LogP contribution in [0.4, 0.5) is 13.2 Å². The first-order chi connectivity index (χ1) is 18.6. The normalized spacial score (nSPS) is 11.3. The highest BCUT2D eigenvalue weighted by atomic mass is 19.4. The molecular formula is C30H32F3NO5. The first kappa shape index (κ1) is 29.5. The summed E-state index contributed by atoms with van der Waals surface area (Å²) < 4.78 is 54.8. The number of alkyl halides is 3. The molecule has 0 aliphatic heterocycles. The molecule has 0 unspecified atom stereocenters. The van der Waals surface area contributed by atoms with Crippen LogP contribution in [0.5, 0.6) is 11.5 Å². The predicted octanol–water partition coefficient (Wildman–Crippen LogP) is 6.18. The molecule has 0 aliphatic rings. The minimum atomic E-state index is -4.40. The quantitative estimate of drug-likeness (QED) is 0.256. The van der Waals surface area contributed by atoms with Gasteiger partial charge in [0.15, 0.2) is 6.61 Å². The Bertz CT molecular complexity index is 1220. The van der Waals surface area contributed by atoms with Gasteiger partial charge < -0.3 is 19.1 Å². The molecule has 3 rings (SSSR count). The summed E-state index contributed by atoms with van der Waals surface area (Å²) in [6.07, 6.45) is -3.82. The van der Waals surface area contributed by atoms with E-state index in [2.05, 4.69) is 0 Å². The summed E-state index contributed by atoms with van der Waals surface area (Å²) in [6, 6.07) is 18.9. The van der Waals surface area contributed by atoms with Crippen LogP contribution in [0.1, 0.15) is 40.9 Å². The first-order valence-corrected chi connectivity index (χ1v) is 12.5. The average Bonchev–Trinajstić information content (AvgIpc) is 2.91. The highest BCUT2D eigenvalue weighted by Gasteiger charge is 2.30. The van der Waals surface area contributed by atoms with Crippen LogP contribution in [-0.4, -0.2) is 43.6 Å². The van der Waals surface area contributed by atoms with E-state index < -0.39 is 17.7 Å². The molecule has 0 saturated heterocycles. The lowest BCUT2D eigenvalue weighted by Crippen LogP contribution is -2.37. The molecule has 0 fully saturated rings. The number of hydrogen-bond donors (Lipinski definition) is 0. The van der Waals surface area contributed by atoms with Gasteiger partial charge in [0, 0.05) is 19.5 Å². The Morgan fingerprint density at radius 3 is 2.13 bits per heavy atom. The monoisotopic (exact) mass is 543 g/mol. The van der Waals surface area contributed by atoms with Gasteiger partial charge in [-0.1, -0.05) is 50.2 Å². The Hall–Kier alpha value is -4.01. The highest BCUT2D eigenvalue weighted by molar-refractivity contribution is 5.92. The molecule has 6 nitrogen and oxygen atoms in total. The average molecular weight is 544 g/mol. The van der Waals surface area contributed by atoms with E-state index in [1.165, 1.54) is 19.2 Å². The van der Waals surface area contributed by atoms with Crippen LogP contribution in [0.3, 0.4) is 0 Å². The van der Waals surface area contributed by atoms with Crippen molar-refractivity contribution in [2.24, 2.45) is 5.92 Å². The van der Waals surface area contributed by atoms with Gasteiger partial charge in [-0.2, -0.15) is 13.2 Å². The van der Waals surface area contributed by atoms with Crippen LogP contribution < -0.4 is 9.47 Å². The molecule has 0 radical (unpaired) electrons. The van der Waals surface area contributed by atoms with Crippen LogP contribution in [0.2, 0.25) is 0 Å². The molecule has 0 aliphatic carbocycles. The highest BCUT2D eigenvalue weighted by Crippen LogP contribution is 2.29. The molecule has 0 bridgehead atoms. The van der Waals surface area contributed by atoms with E-state index in [1.54, 1.807) is 41.3 Å². The van der Waals surface area contributed by atoms with E-state index in [0.717, 1.165) is 17.7 Å². The number of esters is 1. The van der Waals surface area contributed by atoms with Crippen molar-refractivity contribution in [3.63, 3.8) is 0 Å². The fraction of sp³-hybridized carbons (Fsp3) is 0.333. The molecule has 0 atom stereocenters. The lowest BCUT2D eigenvalue weighted by molar-refractivity contribution is -0.138. The predicted molar refractivity (Wildman–Crippen MR) is 141 cm³/mol. The third-order valence-electron chi connectivity index (χ3n) is 5.82. The molecule has 9 heteroatoms. The summed E-state index contributed by atoms with van der Waals surface area (Å²) in [5.74, 6) is 0.413. The van der Waals surface area contributed by atoms with Gasteiger partial charge in [-0.05, 0) is 53.4 Å². The van der Waals surface area contributed by atoms with Crippen molar-refractivity contribution in [1.82, 2.24) is 4.90 Å². The molecule has 0 saturated carbocycles. The third-order valence-corrected chi connectivity index (χ3v) is 5.82. The van der Waals surface area contributed by atoms with Gasteiger partial charge >= 0.3 is 12.1 Å². The van der Waals surface area contributed by atoms with Crippen LogP contribution in [0.15, 0.2) is 72.8 Å². The number of nitrogens with zero attached hydrogens (tertiary/aromatic N) is 1. The second-order valence-corrected chi connectivity index (χ2v) is 9.38. The largest absolute Gasteiger partial charge is 0.492 e. The fourth-order valence-electron chi connectivity index (χ4n) is 3.85. The van der Waals surface area contributed by atoms with Crippen molar-refractivity contribution in [3.05, 3.63) is 95.1 Å². The summed E-state index contributed by atoms with van der Waals surface area (Å²) in [5, 5.41) is 0. The lowest BCUT2D eigenvalue weighted by atomic mass is 10.1. The van der Waals surface area contributed by atoms with Gasteiger partial charge in [0.2, 0.25) is 0 Å². The number of ether oxygens (including phenoxy) is 3. The Balaban J connectivity index is 1.52. The third kappa shape index (κ3) is 9.05. The van der Waals surface area contributed by atoms with Gasteiger partial charge in [0.1, 0.15) is 17.1 Å². The van der Waals surface area contributed by atoms with Crippen molar-refractivity contribution < 1.29 is 37.0 Å². The minimum Gasteiger partial charge on any atom is -0.492 e. The summed E-state index contributed by atoms with van der Waals surface area (Å²) in [7, 11) is 1.32. The molecule has 39 heavy (non-hydrogen) atoms. The summed E-state index contributed by atoms with van der Waals surface area (Å²) in [5.41, 5.74) is 1.22. The van der Waals surface area contributed by atoms with Gasteiger partial charge in [0.25, 0.3) is 5.91 Å². The number of para-hydroxylation sites is 1. The molecule has 0 spiro atoms. The number of halogens is 3. The second-order valence-electron chi connectivity index (χ2n) is 9.38. The van der Waals surface area contributed by atoms with Crippen molar-refractivity contribution >= 4 is 11.9 Å². The fourth-order valence-corrected chi connectivity index (χ4v) is 3.85. The zero-order valence-electron chi connectivity index (χ0n) is 22.2. The van der Waals surface area contributed by atoms with Crippen molar-refractivity contribution in [2.45, 2.75) is 33.0 Å². The zero-order valence-corrected chi connectivity index (χ0v) is 22.2. The maximum Gasteiger partial charge on any atom is 0.416 e. The Kier molecular flexibility index (Phi) is 10.4. The maximum absolute atomic E-state index is 12.9. The number of methoxy groups -OCH3 is 1. The number of rotatable bonds is 12. The van der Waals surface area contributed by atoms with E-state index in [9.17, 15) is 22.8 Å². The number of amides is 1. The molecule has 0 aromatic heterocycles. The van der Waals surface area contributed by atoms with Gasteiger partial charge in [-0.25, -0.2) is 4.79 Å². The van der Waals surface area contributed by atoms with Gasteiger partial charge in [-0.15, -0.1) is 0 Å². The molecule has 3 aromatic carbocycles. The first-order valence-electron chi connectivity index (χ1n) is 12.5. The number of carbonyl (C=O) groups is 2. The summed E-state index contributed by atoms with van der Waals surface area (Å²) in [4.78, 5) is 26.3. The van der Waals surface area contributed by atoms with Crippen molar-refractivity contribution in [2.75, 3.05) is 26.9 Å². The lowest BCUT2D eigenvalue weighted by Gasteiger charge is -2.25. The van der Waals surface area contributed by atoms with Crippen LogP contribution in [-0.2, 0) is 28.7 Å². The van der Waals surface area contributed by atoms with E-state index in [-0.39, 0.29) is 25.0 Å². The van der Waals surface area contributed by atoms with E-state index in [0.29, 0.717) is 42.2 Å². The molecule has 0 N–H and O–H groups in total. The van der Waals surface area contributed by atoms with E-state index in [1.807, 2.05) is 26.0 Å². The topological polar surface area (TPSA) is 65.1 Å². The Morgan fingerprint density at radius 1 is 0.872 bits per heavy atom. The van der Waals surface area contributed by atoms with Crippen molar-refractivity contribution in [1.29, 1.82) is 0 Å². The van der Waals surface area contributed by atoms with E-state index in [4.69, 9.17) is 14.2 Å². The number of carbonyl (C=O) groups excluding carboxylic acids is 2. The Labute approximate surface area is 226 Å². The second kappa shape index (κ2) is 13.7.